The van der Waals surface area contributed by atoms with E-state index < -0.39 is 0 Å². The van der Waals surface area contributed by atoms with E-state index in [4.69, 9.17) is 5.41 Å². The minimum absolute atomic E-state index is 0.939. The highest BCUT2D eigenvalue weighted by molar-refractivity contribution is 7.98. The fraction of sp³-hybridized carbons (Fsp3) is 0.0312. The van der Waals surface area contributed by atoms with Crippen LogP contribution in [0, 0.1) is 5.41 Å². The van der Waals surface area contributed by atoms with E-state index in [0.717, 1.165) is 16.7 Å². The minimum Gasteiger partial charge on any atom is -0.308 e. The summed E-state index contributed by atoms with van der Waals surface area (Å²) in [7, 11) is 0. The summed E-state index contributed by atoms with van der Waals surface area (Å²) in [6.45, 7) is 0. The Kier molecular flexibility index (Phi) is 6.42. The summed E-state index contributed by atoms with van der Waals surface area (Å²) in [5, 5.41) is 7.94. The summed E-state index contributed by atoms with van der Waals surface area (Å²) < 4.78 is 0. The topological polar surface area (TPSA) is 23.9 Å². The maximum absolute atomic E-state index is 7.94. The lowest BCUT2D eigenvalue weighted by Gasteiger charge is -2.16. The molecule has 0 aliphatic rings. The second-order valence-corrected chi connectivity index (χ2v) is 8.98. The predicted molar refractivity (Wildman–Crippen MR) is 148 cm³/mol. The van der Waals surface area contributed by atoms with Crippen LogP contribution in [-0.2, 0) is 0 Å². The molecule has 1 nitrogen and oxygen atoms in total. The number of rotatable bonds is 6. The van der Waals surface area contributed by atoms with E-state index in [1.807, 2.05) is 18.2 Å². The molecule has 0 fully saturated rings. The fourth-order valence-electron chi connectivity index (χ4n) is 4.41. The van der Waals surface area contributed by atoms with E-state index in [9.17, 15) is 0 Å². The Morgan fingerprint density at radius 3 is 1.56 bits per heavy atom. The van der Waals surface area contributed by atoms with Crippen molar-refractivity contribution in [2.75, 3.05) is 6.26 Å². The normalized spacial score (nSPS) is 10.7. The molecule has 2 heteroatoms. The van der Waals surface area contributed by atoms with Gasteiger partial charge in [-0.2, -0.15) is 0 Å². The average Bonchev–Trinajstić information content (AvgIpc) is 2.93. The standard InChI is InChI=1S/C32H25NS/c1-34-31-13-7-10-28(22-33)32(31)30-12-6-5-11-29(30)27-20-18-26(19-21-27)25-16-14-24(15-17-25)23-8-3-2-4-9-23/h2-22,33H,1H3. The van der Waals surface area contributed by atoms with Crippen LogP contribution < -0.4 is 0 Å². The van der Waals surface area contributed by atoms with E-state index >= 15 is 0 Å². The summed E-state index contributed by atoms with van der Waals surface area (Å²) in [5.74, 6) is 0. The summed E-state index contributed by atoms with van der Waals surface area (Å²) in [4.78, 5) is 1.18. The quantitative estimate of drug-likeness (QED) is 0.200. The van der Waals surface area contributed by atoms with Gasteiger partial charge in [0.25, 0.3) is 0 Å². The van der Waals surface area contributed by atoms with Crippen LogP contribution in [0.15, 0.2) is 126 Å². The highest BCUT2D eigenvalue weighted by Crippen LogP contribution is 2.39. The molecule has 164 valence electrons. The van der Waals surface area contributed by atoms with Gasteiger partial charge in [-0.25, -0.2) is 0 Å². The van der Waals surface area contributed by atoms with Crippen molar-refractivity contribution in [3.63, 3.8) is 0 Å². The van der Waals surface area contributed by atoms with Gasteiger partial charge in [0.05, 0.1) is 0 Å². The first-order valence-corrected chi connectivity index (χ1v) is 12.5. The Morgan fingerprint density at radius 1 is 0.500 bits per heavy atom. The van der Waals surface area contributed by atoms with Gasteiger partial charge in [-0.05, 0) is 51.3 Å². The lowest BCUT2D eigenvalue weighted by molar-refractivity contribution is 1.42. The van der Waals surface area contributed by atoms with Gasteiger partial charge in [-0.1, -0.05) is 115 Å². The zero-order chi connectivity index (χ0) is 23.3. The number of hydrogen-bond donors (Lipinski definition) is 1. The lowest BCUT2D eigenvalue weighted by atomic mass is 9.91. The van der Waals surface area contributed by atoms with Gasteiger partial charge >= 0.3 is 0 Å². The van der Waals surface area contributed by atoms with Crippen LogP contribution in [0.4, 0.5) is 0 Å². The molecule has 0 amide bonds. The molecule has 0 saturated carbocycles. The zero-order valence-corrected chi connectivity index (χ0v) is 19.8. The molecular weight excluding hydrogens is 430 g/mol. The number of hydrogen-bond acceptors (Lipinski definition) is 2. The summed E-state index contributed by atoms with van der Waals surface area (Å²) in [5.41, 5.74) is 10.4. The molecule has 5 aromatic carbocycles. The van der Waals surface area contributed by atoms with Gasteiger partial charge in [0.2, 0.25) is 0 Å². The molecule has 0 heterocycles. The van der Waals surface area contributed by atoms with Crippen molar-refractivity contribution in [3.05, 3.63) is 127 Å². The number of nitrogens with one attached hydrogen (secondary N) is 1. The highest BCUT2D eigenvalue weighted by Gasteiger charge is 2.14. The smallest absolute Gasteiger partial charge is 0.0256 e. The first kappa shape index (κ1) is 21.9. The average molecular weight is 456 g/mol. The van der Waals surface area contributed by atoms with Crippen molar-refractivity contribution < 1.29 is 0 Å². The molecule has 0 aliphatic carbocycles. The van der Waals surface area contributed by atoms with Crippen molar-refractivity contribution >= 4 is 18.0 Å². The molecule has 0 spiro atoms. The summed E-state index contributed by atoms with van der Waals surface area (Å²) in [6.07, 6.45) is 3.54. The molecule has 0 aromatic heterocycles. The molecule has 0 unspecified atom stereocenters. The van der Waals surface area contributed by atoms with Crippen molar-refractivity contribution in [2.24, 2.45) is 0 Å². The van der Waals surface area contributed by atoms with Gasteiger partial charge in [0.15, 0.2) is 0 Å². The van der Waals surface area contributed by atoms with Crippen LogP contribution in [-0.4, -0.2) is 12.5 Å². The number of thioether (sulfide) groups is 1. The zero-order valence-electron chi connectivity index (χ0n) is 19.0. The third kappa shape index (κ3) is 4.33. The van der Waals surface area contributed by atoms with E-state index in [2.05, 4.69) is 109 Å². The van der Waals surface area contributed by atoms with Crippen LogP contribution in [0.2, 0.25) is 0 Å². The first-order valence-electron chi connectivity index (χ1n) is 11.3. The van der Waals surface area contributed by atoms with Crippen molar-refractivity contribution in [3.8, 4) is 44.5 Å². The summed E-state index contributed by atoms with van der Waals surface area (Å²) >= 11 is 1.72. The lowest BCUT2D eigenvalue weighted by Crippen LogP contribution is -1.93. The third-order valence-electron chi connectivity index (χ3n) is 6.15. The Hall–Kier alpha value is -3.88. The molecule has 34 heavy (non-hydrogen) atoms. The Morgan fingerprint density at radius 2 is 1.00 bits per heavy atom. The van der Waals surface area contributed by atoms with E-state index in [1.54, 1.807) is 11.8 Å². The molecular formula is C32H25NS. The fourth-order valence-corrected chi connectivity index (χ4v) is 5.05. The Balaban J connectivity index is 1.50. The second kappa shape index (κ2) is 9.94. The van der Waals surface area contributed by atoms with Crippen LogP contribution >= 0.6 is 11.8 Å². The van der Waals surface area contributed by atoms with Gasteiger partial charge < -0.3 is 5.41 Å². The molecule has 1 N–H and O–H groups in total. The monoisotopic (exact) mass is 455 g/mol. The van der Waals surface area contributed by atoms with E-state index in [1.165, 1.54) is 44.5 Å². The van der Waals surface area contributed by atoms with E-state index in [0.29, 0.717) is 0 Å². The van der Waals surface area contributed by atoms with Gasteiger partial charge in [-0.15, -0.1) is 11.8 Å². The van der Waals surface area contributed by atoms with Crippen molar-refractivity contribution in [1.29, 1.82) is 5.41 Å². The molecule has 0 bridgehead atoms. The van der Waals surface area contributed by atoms with Crippen LogP contribution in [0.5, 0.6) is 0 Å². The van der Waals surface area contributed by atoms with Gasteiger partial charge in [0.1, 0.15) is 0 Å². The maximum atomic E-state index is 7.94. The van der Waals surface area contributed by atoms with Crippen LogP contribution in [0.25, 0.3) is 44.5 Å². The maximum Gasteiger partial charge on any atom is 0.0256 e. The SMILES string of the molecule is CSc1cccc(C=N)c1-c1ccccc1-c1ccc(-c2ccc(-c3ccccc3)cc2)cc1. The molecule has 5 rings (SSSR count). The second-order valence-electron chi connectivity index (χ2n) is 8.14. The summed E-state index contributed by atoms with van der Waals surface area (Å²) in [6, 6.07) is 42.7. The Labute approximate surface area is 205 Å². The van der Waals surface area contributed by atoms with Crippen molar-refractivity contribution in [2.45, 2.75) is 4.90 Å². The Bertz CT molecular complexity index is 1420. The largest absolute Gasteiger partial charge is 0.308 e. The molecule has 0 saturated heterocycles. The predicted octanol–water partition coefficient (Wildman–Crippen LogP) is 9.07. The molecule has 0 aliphatic heterocycles. The molecule has 0 atom stereocenters. The highest BCUT2D eigenvalue weighted by atomic mass is 32.2. The van der Waals surface area contributed by atoms with E-state index in [-0.39, 0.29) is 0 Å². The first-order chi connectivity index (χ1) is 16.8. The minimum atomic E-state index is 0.939. The molecule has 0 radical (unpaired) electrons. The third-order valence-corrected chi connectivity index (χ3v) is 6.93. The van der Waals surface area contributed by atoms with Gasteiger partial charge in [-0.3, -0.25) is 0 Å². The van der Waals surface area contributed by atoms with Crippen LogP contribution in [0.1, 0.15) is 5.56 Å². The molecule has 5 aromatic rings. The van der Waals surface area contributed by atoms with Crippen molar-refractivity contribution in [1.82, 2.24) is 0 Å². The number of benzene rings is 5. The van der Waals surface area contributed by atoms with Crippen LogP contribution in [0.3, 0.4) is 0 Å². The van der Waals surface area contributed by atoms with Gasteiger partial charge in [0, 0.05) is 22.2 Å².